The number of carbonyl (C=O) groups excluding carboxylic acids is 2. The van der Waals surface area contributed by atoms with Crippen LogP contribution in [-0.4, -0.2) is 43.4 Å². The molecule has 0 aliphatic carbocycles. The van der Waals surface area contributed by atoms with Gasteiger partial charge in [-0.05, 0) is 19.1 Å². The van der Waals surface area contributed by atoms with Crippen LogP contribution in [0, 0.1) is 0 Å². The normalized spacial score (nSPS) is 11.5. The van der Waals surface area contributed by atoms with Crippen molar-refractivity contribution in [2.24, 2.45) is 0 Å². The summed E-state index contributed by atoms with van der Waals surface area (Å²) in [4.78, 5) is 22.7. The molecule has 0 saturated heterocycles. The highest BCUT2D eigenvalue weighted by Gasteiger charge is 2.45. The number of alkyl halides is 2. The Balaban J connectivity index is 2.57. The summed E-state index contributed by atoms with van der Waals surface area (Å²) in [6.45, 7) is 2.17. The zero-order valence-electron chi connectivity index (χ0n) is 12.9. The fourth-order valence-corrected chi connectivity index (χ4v) is 1.45. The first-order valence-electron chi connectivity index (χ1n) is 6.53. The van der Waals surface area contributed by atoms with Crippen molar-refractivity contribution < 1.29 is 45.6 Å². The fraction of sp³-hybridized carbons (Fsp3) is 0.286. The first-order chi connectivity index (χ1) is 11.4. The minimum atomic E-state index is -5.70. The van der Waals surface area contributed by atoms with E-state index >= 15 is 0 Å². The summed E-state index contributed by atoms with van der Waals surface area (Å²) in [6, 6.07) is 5.51. The van der Waals surface area contributed by atoms with E-state index < -0.39 is 40.5 Å². The van der Waals surface area contributed by atoms with Crippen molar-refractivity contribution in [2.75, 3.05) is 13.2 Å². The van der Waals surface area contributed by atoms with Gasteiger partial charge in [-0.15, -0.1) is 0 Å². The first-order valence-corrected chi connectivity index (χ1v) is 7.97. The van der Waals surface area contributed by atoms with Crippen LogP contribution >= 0.6 is 0 Å². The monoisotopic (exact) mass is 380 g/mol. The standard InChI is InChI=1S/C14H14F2O8S/c1-9(2)13(18)24-11-5-3-4-10(6-11)22-7-12(17)23-8-14(15,16)25(19,20)21/h3-6H,1,7-8H2,2H3,(H,19,20,21). The van der Waals surface area contributed by atoms with Crippen molar-refractivity contribution in [2.45, 2.75) is 12.2 Å². The number of halogens is 2. The zero-order valence-corrected chi connectivity index (χ0v) is 13.7. The Morgan fingerprint density at radius 2 is 1.88 bits per heavy atom. The number of esters is 2. The van der Waals surface area contributed by atoms with Crippen molar-refractivity contribution in [1.82, 2.24) is 0 Å². The number of ether oxygens (including phenoxy) is 3. The molecule has 0 fully saturated rings. The van der Waals surface area contributed by atoms with Gasteiger partial charge in [-0.3, -0.25) is 4.55 Å². The van der Waals surface area contributed by atoms with Crippen molar-refractivity contribution in [3.63, 3.8) is 0 Å². The molecule has 0 amide bonds. The predicted molar refractivity (Wildman–Crippen MR) is 79.8 cm³/mol. The lowest BCUT2D eigenvalue weighted by Crippen LogP contribution is -2.35. The van der Waals surface area contributed by atoms with E-state index in [1.165, 1.54) is 31.2 Å². The minimum absolute atomic E-state index is 0.0607. The van der Waals surface area contributed by atoms with Crippen LogP contribution in [0.3, 0.4) is 0 Å². The smallest absolute Gasteiger partial charge is 0.402 e. The molecule has 0 bridgehead atoms. The van der Waals surface area contributed by atoms with Gasteiger partial charge in [-0.2, -0.15) is 17.2 Å². The van der Waals surface area contributed by atoms with Crippen LogP contribution in [0.25, 0.3) is 0 Å². The Morgan fingerprint density at radius 3 is 2.44 bits per heavy atom. The lowest BCUT2D eigenvalue weighted by Gasteiger charge is -2.13. The third-order valence-electron chi connectivity index (χ3n) is 2.50. The average Bonchev–Trinajstić information content (AvgIpc) is 2.50. The van der Waals surface area contributed by atoms with Crippen LogP contribution in [0.2, 0.25) is 0 Å². The van der Waals surface area contributed by atoms with E-state index in [1.54, 1.807) is 0 Å². The topological polar surface area (TPSA) is 116 Å². The van der Waals surface area contributed by atoms with E-state index in [-0.39, 0.29) is 17.1 Å². The maximum Gasteiger partial charge on any atom is 0.402 e. The summed E-state index contributed by atoms with van der Waals surface area (Å²) in [5.41, 5.74) is 0.162. The van der Waals surface area contributed by atoms with Gasteiger partial charge in [0.25, 0.3) is 0 Å². The molecule has 0 aromatic heterocycles. The summed E-state index contributed by atoms with van der Waals surface area (Å²) in [5, 5.41) is -4.63. The maximum absolute atomic E-state index is 12.9. The largest absolute Gasteiger partial charge is 0.482 e. The summed E-state index contributed by atoms with van der Waals surface area (Å²) < 4.78 is 68.6. The molecule has 8 nitrogen and oxygen atoms in total. The third kappa shape index (κ3) is 6.47. The molecule has 0 unspecified atom stereocenters. The molecular weight excluding hydrogens is 366 g/mol. The Labute approximate surface area is 141 Å². The van der Waals surface area contributed by atoms with Gasteiger partial charge < -0.3 is 14.2 Å². The molecule has 0 aliphatic heterocycles. The second-order valence-corrected chi connectivity index (χ2v) is 6.25. The summed E-state index contributed by atoms with van der Waals surface area (Å²) in [7, 11) is -5.70. The molecule has 0 saturated carbocycles. The highest BCUT2D eigenvalue weighted by molar-refractivity contribution is 7.86. The zero-order chi connectivity index (χ0) is 19.3. The van der Waals surface area contributed by atoms with Crippen LogP contribution in [0.4, 0.5) is 8.78 Å². The van der Waals surface area contributed by atoms with E-state index in [0.29, 0.717) is 0 Å². The van der Waals surface area contributed by atoms with Crippen LogP contribution in [0.5, 0.6) is 11.5 Å². The predicted octanol–water partition coefficient (Wildman–Crippen LogP) is 1.57. The van der Waals surface area contributed by atoms with Gasteiger partial charge in [0.15, 0.2) is 13.2 Å². The Morgan fingerprint density at radius 1 is 1.28 bits per heavy atom. The fourth-order valence-electron chi connectivity index (χ4n) is 1.24. The highest BCUT2D eigenvalue weighted by Crippen LogP contribution is 2.22. The number of hydrogen-bond donors (Lipinski definition) is 1. The SMILES string of the molecule is C=C(C)C(=O)Oc1cccc(OCC(=O)OCC(F)(F)S(=O)(=O)O)c1. The molecule has 0 atom stereocenters. The molecule has 138 valence electrons. The number of benzene rings is 1. The summed E-state index contributed by atoms with van der Waals surface area (Å²) in [6.07, 6.45) is 0. The van der Waals surface area contributed by atoms with Gasteiger partial charge in [0.05, 0.1) is 0 Å². The van der Waals surface area contributed by atoms with Gasteiger partial charge in [-0.1, -0.05) is 12.6 Å². The van der Waals surface area contributed by atoms with E-state index in [1.807, 2.05) is 0 Å². The van der Waals surface area contributed by atoms with Crippen LogP contribution < -0.4 is 9.47 Å². The lowest BCUT2D eigenvalue weighted by atomic mass is 10.3. The van der Waals surface area contributed by atoms with Crippen LogP contribution in [0.1, 0.15) is 6.92 Å². The molecule has 1 aromatic rings. The third-order valence-corrected chi connectivity index (χ3v) is 3.37. The molecule has 25 heavy (non-hydrogen) atoms. The molecule has 11 heteroatoms. The molecule has 0 radical (unpaired) electrons. The minimum Gasteiger partial charge on any atom is -0.482 e. The first kappa shape index (κ1) is 20.5. The van der Waals surface area contributed by atoms with E-state index in [9.17, 15) is 26.8 Å². The summed E-state index contributed by atoms with van der Waals surface area (Å²) >= 11 is 0. The van der Waals surface area contributed by atoms with Crippen LogP contribution in [0.15, 0.2) is 36.4 Å². The van der Waals surface area contributed by atoms with Crippen molar-refractivity contribution >= 4 is 22.1 Å². The second-order valence-electron chi connectivity index (χ2n) is 4.71. The molecular formula is C14H14F2O8S. The number of hydrogen-bond acceptors (Lipinski definition) is 7. The maximum atomic E-state index is 12.9. The van der Waals surface area contributed by atoms with Crippen LogP contribution in [-0.2, 0) is 24.4 Å². The molecule has 1 N–H and O–H groups in total. The number of rotatable bonds is 8. The molecule has 0 aliphatic rings. The van der Waals surface area contributed by atoms with Gasteiger partial charge >= 0.3 is 27.3 Å². The Bertz CT molecular complexity index is 773. The van der Waals surface area contributed by atoms with Gasteiger partial charge in [0, 0.05) is 11.6 Å². The van der Waals surface area contributed by atoms with Gasteiger partial charge in [-0.25, -0.2) is 9.59 Å². The second kappa shape index (κ2) is 8.03. The highest BCUT2D eigenvalue weighted by atomic mass is 32.2. The van der Waals surface area contributed by atoms with Gasteiger partial charge in [0.1, 0.15) is 11.5 Å². The average molecular weight is 380 g/mol. The molecule has 1 rings (SSSR count). The quantitative estimate of drug-likeness (QED) is 0.313. The molecule has 0 spiro atoms. The number of carbonyl (C=O) groups is 2. The van der Waals surface area contributed by atoms with Crippen molar-refractivity contribution in [3.8, 4) is 11.5 Å². The summed E-state index contributed by atoms with van der Waals surface area (Å²) in [5.74, 6) is -1.82. The van der Waals surface area contributed by atoms with E-state index in [0.717, 1.165) is 0 Å². The Hall–Kier alpha value is -2.53. The van der Waals surface area contributed by atoms with E-state index in [4.69, 9.17) is 14.0 Å². The Kier molecular flexibility index (Phi) is 6.59. The lowest BCUT2D eigenvalue weighted by molar-refractivity contribution is -0.152. The van der Waals surface area contributed by atoms with Gasteiger partial charge in [0.2, 0.25) is 0 Å². The van der Waals surface area contributed by atoms with Crippen molar-refractivity contribution in [3.05, 3.63) is 36.4 Å². The van der Waals surface area contributed by atoms with Crippen molar-refractivity contribution in [1.29, 1.82) is 0 Å². The van der Waals surface area contributed by atoms with E-state index in [2.05, 4.69) is 11.3 Å². The molecule has 0 heterocycles. The molecule has 1 aromatic carbocycles.